The molecule has 0 aliphatic carbocycles. The van der Waals surface area contributed by atoms with Crippen molar-refractivity contribution in [3.8, 4) is 0 Å². The van der Waals surface area contributed by atoms with Crippen LogP contribution in [0.5, 0.6) is 0 Å². The fourth-order valence-electron chi connectivity index (χ4n) is 4.50. The molecule has 26 heavy (non-hydrogen) atoms. The number of hydrogen-bond donors (Lipinski definition) is 0. The van der Waals surface area contributed by atoms with Gasteiger partial charge in [0.05, 0.1) is 6.42 Å². The molecule has 1 atom stereocenters. The summed E-state index contributed by atoms with van der Waals surface area (Å²) in [6.07, 6.45) is 7.63. The zero-order valence-electron chi connectivity index (χ0n) is 15.5. The number of aromatic nitrogens is 1. The molecule has 138 valence electrons. The van der Waals surface area contributed by atoms with Crippen molar-refractivity contribution >= 4 is 17.2 Å². The molecule has 1 spiro atoms. The van der Waals surface area contributed by atoms with E-state index >= 15 is 0 Å². The lowest BCUT2D eigenvalue weighted by Crippen LogP contribution is -2.47. The van der Waals surface area contributed by atoms with Gasteiger partial charge in [-0.05, 0) is 56.5 Å². The number of rotatable bonds is 4. The van der Waals surface area contributed by atoms with Gasteiger partial charge in [-0.2, -0.15) is 0 Å². The lowest BCUT2D eigenvalue weighted by molar-refractivity contribution is -0.133. The van der Waals surface area contributed by atoms with Gasteiger partial charge in [0.25, 0.3) is 0 Å². The van der Waals surface area contributed by atoms with Gasteiger partial charge in [0.1, 0.15) is 0 Å². The molecule has 2 aromatic heterocycles. The van der Waals surface area contributed by atoms with E-state index < -0.39 is 0 Å². The first-order valence-electron chi connectivity index (χ1n) is 9.56. The highest BCUT2D eigenvalue weighted by molar-refractivity contribution is 7.11. The fourth-order valence-corrected chi connectivity index (χ4v) is 5.43. The predicted octanol–water partition coefficient (Wildman–Crippen LogP) is 3.51. The van der Waals surface area contributed by atoms with Gasteiger partial charge in [-0.15, -0.1) is 11.3 Å². The first-order valence-corrected chi connectivity index (χ1v) is 10.4. The quantitative estimate of drug-likeness (QED) is 0.827. The largest absolute Gasteiger partial charge is 0.342 e. The minimum Gasteiger partial charge on any atom is -0.342 e. The molecule has 2 aliphatic rings. The van der Waals surface area contributed by atoms with Crippen LogP contribution >= 0.6 is 11.3 Å². The molecule has 4 nitrogen and oxygen atoms in total. The van der Waals surface area contributed by atoms with E-state index in [-0.39, 0.29) is 5.91 Å². The maximum atomic E-state index is 12.8. The first-order chi connectivity index (χ1) is 12.6. The summed E-state index contributed by atoms with van der Waals surface area (Å²) in [5, 5.41) is 0. The van der Waals surface area contributed by atoms with E-state index in [2.05, 4.69) is 33.8 Å². The molecule has 0 saturated carbocycles. The van der Waals surface area contributed by atoms with Gasteiger partial charge in [0.2, 0.25) is 5.91 Å². The fraction of sp³-hybridized carbons (Fsp3) is 0.524. The standard InChI is InChI=1S/C21H27N3OS/c1-17-5-6-19(26-17)14-23-11-8-21(15-23)7-3-10-24(16-21)20(25)12-18-4-2-9-22-13-18/h2,4-6,9,13H,3,7-8,10-12,14-16H2,1H3/t21-/m1/s1. The summed E-state index contributed by atoms with van der Waals surface area (Å²) in [6.45, 7) is 7.34. The van der Waals surface area contributed by atoms with Crippen LogP contribution in [0.1, 0.15) is 34.6 Å². The molecule has 1 amide bonds. The lowest BCUT2D eigenvalue weighted by atomic mass is 9.79. The molecule has 4 rings (SSSR count). The van der Waals surface area contributed by atoms with Crippen molar-refractivity contribution in [2.24, 2.45) is 5.41 Å². The van der Waals surface area contributed by atoms with Crippen molar-refractivity contribution in [1.29, 1.82) is 0 Å². The Morgan fingerprint density at radius 1 is 1.23 bits per heavy atom. The second-order valence-corrected chi connectivity index (χ2v) is 9.30. The molecular weight excluding hydrogens is 342 g/mol. The number of carbonyl (C=O) groups is 1. The van der Waals surface area contributed by atoms with E-state index in [1.54, 1.807) is 12.4 Å². The van der Waals surface area contributed by atoms with Gasteiger partial charge in [-0.3, -0.25) is 14.7 Å². The summed E-state index contributed by atoms with van der Waals surface area (Å²) in [7, 11) is 0. The molecule has 4 heterocycles. The van der Waals surface area contributed by atoms with E-state index in [0.29, 0.717) is 11.8 Å². The summed E-state index contributed by atoms with van der Waals surface area (Å²) in [5.74, 6) is 0.254. The number of aryl methyl sites for hydroxylation is 1. The van der Waals surface area contributed by atoms with Crippen LogP contribution in [0.15, 0.2) is 36.7 Å². The Bertz CT molecular complexity index is 760. The van der Waals surface area contributed by atoms with Crippen molar-refractivity contribution in [3.63, 3.8) is 0 Å². The van der Waals surface area contributed by atoms with Crippen molar-refractivity contribution in [2.75, 3.05) is 26.2 Å². The highest BCUT2D eigenvalue weighted by Gasteiger charge is 2.42. The number of piperidine rings is 1. The Kier molecular flexibility index (Phi) is 5.09. The molecule has 0 radical (unpaired) electrons. The summed E-state index contributed by atoms with van der Waals surface area (Å²) in [5.41, 5.74) is 1.31. The molecule has 2 aliphatic heterocycles. The third kappa shape index (κ3) is 3.99. The highest BCUT2D eigenvalue weighted by Crippen LogP contribution is 2.39. The van der Waals surface area contributed by atoms with Crippen LogP contribution in [0.3, 0.4) is 0 Å². The maximum absolute atomic E-state index is 12.8. The number of carbonyl (C=O) groups excluding carboxylic acids is 1. The minimum atomic E-state index is 0.254. The Labute approximate surface area is 159 Å². The van der Waals surface area contributed by atoms with Gasteiger partial charge in [0.15, 0.2) is 0 Å². The van der Waals surface area contributed by atoms with Crippen LogP contribution in [-0.4, -0.2) is 46.9 Å². The second-order valence-electron chi connectivity index (χ2n) is 7.93. The molecule has 2 fully saturated rings. The summed E-state index contributed by atoms with van der Waals surface area (Å²) in [6, 6.07) is 8.37. The number of hydrogen-bond acceptors (Lipinski definition) is 4. The summed E-state index contributed by atoms with van der Waals surface area (Å²) in [4.78, 5) is 24.4. The minimum absolute atomic E-state index is 0.254. The third-order valence-corrected chi connectivity index (χ3v) is 6.77. The van der Waals surface area contributed by atoms with E-state index in [9.17, 15) is 4.79 Å². The zero-order valence-corrected chi connectivity index (χ0v) is 16.3. The second kappa shape index (κ2) is 7.49. The SMILES string of the molecule is Cc1ccc(CN2CC[C@]3(CCCN(C(=O)Cc4cccnc4)C3)C2)s1. The number of pyridine rings is 1. The predicted molar refractivity (Wildman–Crippen MR) is 105 cm³/mol. The van der Waals surface area contributed by atoms with Crippen molar-refractivity contribution < 1.29 is 4.79 Å². The topological polar surface area (TPSA) is 36.4 Å². The average molecular weight is 370 g/mol. The van der Waals surface area contributed by atoms with Crippen LogP contribution in [0.25, 0.3) is 0 Å². The van der Waals surface area contributed by atoms with Crippen LogP contribution in [-0.2, 0) is 17.8 Å². The van der Waals surface area contributed by atoms with E-state index in [0.717, 1.165) is 44.7 Å². The Morgan fingerprint density at radius 2 is 2.15 bits per heavy atom. The number of thiophene rings is 1. The number of amides is 1. The van der Waals surface area contributed by atoms with Crippen LogP contribution in [0, 0.1) is 12.3 Å². The molecule has 0 N–H and O–H groups in total. The first kappa shape index (κ1) is 17.7. The van der Waals surface area contributed by atoms with E-state index in [1.165, 1.54) is 22.6 Å². The van der Waals surface area contributed by atoms with Crippen LogP contribution in [0.4, 0.5) is 0 Å². The van der Waals surface area contributed by atoms with E-state index in [4.69, 9.17) is 0 Å². The highest BCUT2D eigenvalue weighted by atomic mass is 32.1. The average Bonchev–Trinajstić information content (AvgIpc) is 3.22. The summed E-state index contributed by atoms with van der Waals surface area (Å²) < 4.78 is 0. The molecule has 0 aromatic carbocycles. The van der Waals surface area contributed by atoms with Crippen molar-refractivity contribution in [2.45, 2.75) is 39.2 Å². The summed E-state index contributed by atoms with van der Waals surface area (Å²) >= 11 is 1.90. The normalized spacial score (nSPS) is 23.7. The molecule has 0 bridgehead atoms. The van der Waals surface area contributed by atoms with Gasteiger partial charge < -0.3 is 4.90 Å². The van der Waals surface area contributed by atoms with Crippen LogP contribution < -0.4 is 0 Å². The smallest absolute Gasteiger partial charge is 0.227 e. The molecule has 2 saturated heterocycles. The molecule has 5 heteroatoms. The molecule has 0 unspecified atom stereocenters. The molecular formula is C21H27N3OS. The number of nitrogens with zero attached hydrogens (tertiary/aromatic N) is 3. The Morgan fingerprint density at radius 3 is 2.92 bits per heavy atom. The Hall–Kier alpha value is -1.72. The maximum Gasteiger partial charge on any atom is 0.227 e. The molecule has 2 aromatic rings. The van der Waals surface area contributed by atoms with Gasteiger partial charge >= 0.3 is 0 Å². The zero-order chi connectivity index (χ0) is 18.0. The third-order valence-electron chi connectivity index (χ3n) is 5.79. The van der Waals surface area contributed by atoms with Gasteiger partial charge in [-0.25, -0.2) is 0 Å². The van der Waals surface area contributed by atoms with Crippen molar-refractivity contribution in [1.82, 2.24) is 14.8 Å². The number of likely N-dealkylation sites (tertiary alicyclic amines) is 2. The van der Waals surface area contributed by atoms with Gasteiger partial charge in [0, 0.05) is 53.7 Å². The Balaban J connectivity index is 1.36. The monoisotopic (exact) mass is 369 g/mol. The van der Waals surface area contributed by atoms with Crippen LogP contribution in [0.2, 0.25) is 0 Å². The van der Waals surface area contributed by atoms with E-state index in [1.807, 2.05) is 23.5 Å². The van der Waals surface area contributed by atoms with Gasteiger partial charge in [-0.1, -0.05) is 6.07 Å². The van der Waals surface area contributed by atoms with Crippen molar-refractivity contribution in [3.05, 3.63) is 52.0 Å². The lowest BCUT2D eigenvalue weighted by Gasteiger charge is -2.40.